The van der Waals surface area contributed by atoms with Crippen LogP contribution in [0.25, 0.3) is 16.6 Å². The predicted molar refractivity (Wildman–Crippen MR) is 145 cm³/mol. The summed E-state index contributed by atoms with van der Waals surface area (Å²) in [5.41, 5.74) is 7.60. The van der Waals surface area contributed by atoms with Gasteiger partial charge in [-0.2, -0.15) is 13.9 Å². The van der Waals surface area contributed by atoms with Gasteiger partial charge >= 0.3 is 5.92 Å². The highest BCUT2D eigenvalue weighted by Gasteiger charge is 2.35. The number of hydrogen-bond donors (Lipinski definition) is 3. The Morgan fingerprint density at radius 1 is 0.975 bits per heavy atom. The number of hydrogen-bond acceptors (Lipinski definition) is 5. The molecule has 0 saturated heterocycles. The summed E-state index contributed by atoms with van der Waals surface area (Å²) < 4.78 is 34.9. The van der Waals surface area contributed by atoms with Crippen LogP contribution < -0.4 is 21.1 Å². The van der Waals surface area contributed by atoms with Gasteiger partial charge in [0.05, 0.1) is 23.4 Å². The van der Waals surface area contributed by atoms with Crippen molar-refractivity contribution in [2.75, 3.05) is 0 Å². The molecule has 4 N–H and O–H groups in total. The Morgan fingerprint density at radius 3 is 2.38 bits per heavy atom. The molecule has 3 atom stereocenters. The van der Waals surface area contributed by atoms with Crippen LogP contribution >= 0.6 is 0 Å². The highest BCUT2D eigenvalue weighted by atomic mass is 19.3. The third-order valence-electron chi connectivity index (χ3n) is 6.27. The van der Waals surface area contributed by atoms with Crippen LogP contribution in [0.1, 0.15) is 42.8 Å². The van der Waals surface area contributed by atoms with Crippen LogP contribution in [-0.4, -0.2) is 45.5 Å². The standard InChI is InChI=1S/C29H29F2N5O4/c1-17(35-28(39)29(3,30)31)25(19-8-5-4-6-9-19)40-23-12-13-24-21(15-23)16-33-36(24)22-11-7-10-20(14-22)27(38)34-18(2)26(32)37/h4-18,25H,1-3H3,(H2,32,37)(H,34,38)(H,35,39)/t17-,18+,25-/m0/s1. The zero-order valence-corrected chi connectivity index (χ0v) is 22.1. The predicted octanol–water partition coefficient (Wildman–Crippen LogP) is 3.91. The molecule has 0 bridgehead atoms. The van der Waals surface area contributed by atoms with Crippen LogP contribution in [0.4, 0.5) is 8.78 Å². The van der Waals surface area contributed by atoms with Crippen molar-refractivity contribution in [1.82, 2.24) is 20.4 Å². The Balaban J connectivity index is 1.59. The molecule has 208 valence electrons. The maximum Gasteiger partial charge on any atom is 0.321 e. The molecule has 0 aliphatic rings. The van der Waals surface area contributed by atoms with Crippen molar-refractivity contribution in [1.29, 1.82) is 0 Å². The molecule has 0 fully saturated rings. The third-order valence-corrected chi connectivity index (χ3v) is 6.27. The molecular weight excluding hydrogens is 520 g/mol. The molecule has 3 aromatic carbocycles. The van der Waals surface area contributed by atoms with Gasteiger partial charge in [0.25, 0.3) is 11.8 Å². The molecule has 11 heteroatoms. The summed E-state index contributed by atoms with van der Waals surface area (Å²) in [6.45, 7) is 3.65. The topological polar surface area (TPSA) is 128 Å². The zero-order valence-electron chi connectivity index (χ0n) is 22.1. The molecule has 1 heterocycles. The van der Waals surface area contributed by atoms with Gasteiger partial charge in [-0.15, -0.1) is 0 Å². The number of nitrogens with zero attached hydrogens (tertiary/aromatic N) is 2. The quantitative estimate of drug-likeness (QED) is 0.276. The van der Waals surface area contributed by atoms with Crippen molar-refractivity contribution in [2.24, 2.45) is 5.73 Å². The monoisotopic (exact) mass is 549 g/mol. The molecule has 40 heavy (non-hydrogen) atoms. The minimum absolute atomic E-state index is 0.327. The number of aromatic nitrogens is 2. The second-order valence-corrected chi connectivity index (χ2v) is 9.52. The van der Waals surface area contributed by atoms with Crippen molar-refractivity contribution in [2.45, 2.75) is 44.9 Å². The lowest BCUT2D eigenvalue weighted by atomic mass is 10.0. The molecule has 0 aliphatic carbocycles. The Kier molecular flexibility index (Phi) is 8.13. The number of benzene rings is 3. The Hall–Kier alpha value is -4.80. The summed E-state index contributed by atoms with van der Waals surface area (Å²) in [6.07, 6.45) is 0.878. The number of nitrogens with two attached hydrogens (primary N) is 1. The molecular formula is C29H29F2N5O4. The molecule has 0 radical (unpaired) electrons. The number of rotatable bonds is 10. The second kappa shape index (κ2) is 11.5. The van der Waals surface area contributed by atoms with Crippen molar-refractivity contribution in [3.05, 3.63) is 90.1 Å². The number of fused-ring (bicyclic) bond motifs is 1. The van der Waals surface area contributed by atoms with Gasteiger partial charge in [0, 0.05) is 17.9 Å². The Morgan fingerprint density at radius 2 is 1.70 bits per heavy atom. The van der Waals surface area contributed by atoms with Gasteiger partial charge < -0.3 is 21.1 Å². The molecule has 1 aromatic heterocycles. The van der Waals surface area contributed by atoms with Gasteiger partial charge in [-0.05, 0) is 55.8 Å². The number of carbonyl (C=O) groups excluding carboxylic acids is 3. The first-order valence-electron chi connectivity index (χ1n) is 12.5. The highest BCUT2D eigenvalue weighted by Crippen LogP contribution is 2.29. The molecule has 0 saturated carbocycles. The van der Waals surface area contributed by atoms with E-state index in [0.717, 1.165) is 10.9 Å². The van der Waals surface area contributed by atoms with E-state index in [1.165, 1.54) is 6.92 Å². The summed E-state index contributed by atoms with van der Waals surface area (Å²) in [6, 6.07) is 19.4. The van der Waals surface area contributed by atoms with Gasteiger partial charge in [-0.1, -0.05) is 36.4 Å². The van der Waals surface area contributed by atoms with E-state index >= 15 is 0 Å². The Bertz CT molecular complexity index is 1530. The summed E-state index contributed by atoms with van der Waals surface area (Å²) in [5.74, 6) is -5.56. The maximum absolute atomic E-state index is 13.5. The SMILES string of the molecule is C[C@H](NC(=O)C(C)(F)F)[C@H](Oc1ccc2c(cnn2-c2cccc(C(=O)N[C@H](C)C(N)=O)c2)c1)c1ccccc1. The lowest BCUT2D eigenvalue weighted by Crippen LogP contribution is -2.46. The lowest BCUT2D eigenvalue weighted by Gasteiger charge is -2.27. The lowest BCUT2D eigenvalue weighted by molar-refractivity contribution is -0.144. The van der Waals surface area contributed by atoms with Crippen LogP contribution in [0.2, 0.25) is 0 Å². The minimum Gasteiger partial charge on any atom is -0.484 e. The fourth-order valence-electron chi connectivity index (χ4n) is 4.08. The summed E-state index contributed by atoms with van der Waals surface area (Å²) in [4.78, 5) is 35.8. The number of amides is 3. The van der Waals surface area contributed by atoms with Gasteiger partial charge in [0.15, 0.2) is 0 Å². The van der Waals surface area contributed by atoms with E-state index in [-0.39, 0.29) is 0 Å². The van der Waals surface area contributed by atoms with E-state index in [2.05, 4.69) is 15.7 Å². The molecule has 9 nitrogen and oxygen atoms in total. The number of nitrogens with one attached hydrogen (secondary N) is 2. The molecule has 0 aliphatic heterocycles. The maximum atomic E-state index is 13.5. The van der Waals surface area contributed by atoms with Crippen molar-refractivity contribution < 1.29 is 27.9 Å². The first-order chi connectivity index (χ1) is 18.9. The van der Waals surface area contributed by atoms with Gasteiger partial charge in [-0.3, -0.25) is 14.4 Å². The van der Waals surface area contributed by atoms with Crippen LogP contribution in [0.15, 0.2) is 79.0 Å². The van der Waals surface area contributed by atoms with Crippen LogP contribution in [0, 0.1) is 0 Å². The van der Waals surface area contributed by atoms with E-state index in [4.69, 9.17) is 10.5 Å². The van der Waals surface area contributed by atoms with Gasteiger partial charge in [0.2, 0.25) is 5.91 Å². The molecule has 0 unspecified atom stereocenters. The van der Waals surface area contributed by atoms with Crippen LogP contribution in [0.3, 0.4) is 0 Å². The fraction of sp³-hybridized carbons (Fsp3) is 0.241. The van der Waals surface area contributed by atoms with E-state index in [1.54, 1.807) is 84.5 Å². The molecule has 0 spiro atoms. The first kappa shape index (κ1) is 28.2. The van der Waals surface area contributed by atoms with E-state index < -0.39 is 41.8 Å². The van der Waals surface area contributed by atoms with E-state index in [0.29, 0.717) is 29.5 Å². The number of carbonyl (C=O) groups is 3. The largest absolute Gasteiger partial charge is 0.484 e. The third kappa shape index (κ3) is 6.42. The normalized spacial score (nSPS) is 13.7. The second-order valence-electron chi connectivity index (χ2n) is 9.52. The van der Waals surface area contributed by atoms with Crippen LogP contribution in [0.5, 0.6) is 5.75 Å². The highest BCUT2D eigenvalue weighted by molar-refractivity contribution is 5.97. The zero-order chi connectivity index (χ0) is 29.0. The molecule has 4 rings (SSSR count). The minimum atomic E-state index is -3.53. The Labute approximate surface area is 229 Å². The van der Waals surface area contributed by atoms with E-state index in [1.807, 2.05) is 6.07 Å². The van der Waals surface area contributed by atoms with Gasteiger partial charge in [0.1, 0.15) is 17.9 Å². The smallest absolute Gasteiger partial charge is 0.321 e. The first-order valence-corrected chi connectivity index (χ1v) is 12.5. The number of ether oxygens (including phenoxy) is 1. The summed E-state index contributed by atoms with van der Waals surface area (Å²) in [5, 5.41) is 10.1. The fourth-order valence-corrected chi connectivity index (χ4v) is 4.08. The molecule has 4 aromatic rings. The number of halogens is 2. The van der Waals surface area contributed by atoms with Crippen molar-refractivity contribution >= 4 is 28.6 Å². The number of alkyl halides is 2. The summed E-state index contributed by atoms with van der Waals surface area (Å²) >= 11 is 0. The van der Waals surface area contributed by atoms with Crippen molar-refractivity contribution in [3.63, 3.8) is 0 Å². The van der Waals surface area contributed by atoms with Crippen molar-refractivity contribution in [3.8, 4) is 11.4 Å². The summed E-state index contributed by atoms with van der Waals surface area (Å²) in [7, 11) is 0. The number of primary amides is 1. The average Bonchev–Trinajstić information content (AvgIpc) is 3.35. The molecule has 3 amide bonds. The van der Waals surface area contributed by atoms with Gasteiger partial charge in [-0.25, -0.2) is 4.68 Å². The van der Waals surface area contributed by atoms with Crippen LogP contribution in [-0.2, 0) is 9.59 Å². The van der Waals surface area contributed by atoms with E-state index in [9.17, 15) is 23.2 Å². The average molecular weight is 550 g/mol.